The number of unbranched alkanes of at least 4 members (excludes halogenated alkanes) is 14. The summed E-state index contributed by atoms with van der Waals surface area (Å²) in [5, 5.41) is 0.148. The molecule has 0 bridgehead atoms. The highest BCUT2D eigenvalue weighted by Crippen LogP contribution is 2.49. The maximum atomic E-state index is 13.0. The monoisotopic (exact) mass is 594 g/mol. The van der Waals surface area contributed by atoms with Crippen molar-refractivity contribution in [1.29, 1.82) is 0 Å². The summed E-state index contributed by atoms with van der Waals surface area (Å²) in [7, 11) is -4.33. The Labute approximate surface area is 246 Å². The number of hydrogen-bond donors (Lipinski definition) is 1. The predicted molar refractivity (Wildman–Crippen MR) is 168 cm³/mol. The van der Waals surface area contributed by atoms with Crippen molar-refractivity contribution in [2.45, 2.75) is 180 Å². The average molecular weight is 595 g/mol. The molecule has 4 atom stereocenters. The molecule has 39 heavy (non-hydrogen) atoms. The van der Waals surface area contributed by atoms with Gasteiger partial charge in [0.1, 0.15) is 0 Å². The first-order valence-corrected chi connectivity index (χ1v) is 18.8. The largest absolute Gasteiger partial charge is 0.461 e. The zero-order chi connectivity index (χ0) is 29.4. The second kappa shape index (κ2) is 25.6. The first-order chi connectivity index (χ1) is 18.7. The molecule has 1 N–H and O–H groups in total. The predicted octanol–water partition coefficient (Wildman–Crippen LogP) is 10.1. The summed E-state index contributed by atoms with van der Waals surface area (Å²) in [4.78, 5) is 23.3. The summed E-state index contributed by atoms with van der Waals surface area (Å²) in [6, 6.07) is 0. The van der Waals surface area contributed by atoms with Crippen LogP contribution >= 0.6 is 19.4 Å². The number of rotatable bonds is 28. The van der Waals surface area contributed by atoms with Crippen molar-refractivity contribution in [3.05, 3.63) is 0 Å². The van der Waals surface area contributed by atoms with Gasteiger partial charge in [-0.25, -0.2) is 4.79 Å². The van der Waals surface area contributed by atoms with Crippen LogP contribution in [0.5, 0.6) is 0 Å². The van der Waals surface area contributed by atoms with Gasteiger partial charge in [0.05, 0.1) is 18.8 Å². The molecular formula is C31H63O6PS. The number of thioether (sulfide) groups is 1. The number of carbonyl (C=O) groups is 1. The highest BCUT2D eigenvalue weighted by Gasteiger charge is 2.43. The maximum absolute atomic E-state index is 13.0. The van der Waals surface area contributed by atoms with Crippen LogP contribution in [0.15, 0.2) is 0 Å². The Morgan fingerprint density at radius 2 is 1.23 bits per heavy atom. The zero-order valence-electron chi connectivity index (χ0n) is 26.3. The van der Waals surface area contributed by atoms with Crippen molar-refractivity contribution in [1.82, 2.24) is 0 Å². The Morgan fingerprint density at radius 3 is 1.72 bits per heavy atom. The highest BCUT2D eigenvalue weighted by atomic mass is 32.2. The van der Waals surface area contributed by atoms with Gasteiger partial charge in [0.15, 0.2) is 0 Å². The molecule has 0 aliphatic heterocycles. The molecule has 0 aliphatic rings. The lowest BCUT2D eigenvalue weighted by atomic mass is 10.1. The van der Waals surface area contributed by atoms with Crippen molar-refractivity contribution in [2.24, 2.45) is 0 Å². The standard InChI is InChI=1S/C31H63O6PS/c1-7-10-12-14-15-16-17-18-19-21-23-26-39-29(24-22-20-13-11-8-2)28(6)37-31(30(32)36-27(4)5)38(33,34)35-25-9-3/h27-29,31H,7-26H2,1-6H3,(H,33,34). The summed E-state index contributed by atoms with van der Waals surface area (Å²) < 4.78 is 29.5. The lowest BCUT2D eigenvalue weighted by molar-refractivity contribution is -0.159. The molecule has 8 heteroatoms. The average Bonchev–Trinajstić information content (AvgIpc) is 2.89. The Balaban J connectivity index is 4.85. The second-order valence-electron chi connectivity index (χ2n) is 11.2. The molecule has 0 radical (unpaired) electrons. The topological polar surface area (TPSA) is 82.1 Å². The molecule has 0 spiro atoms. The molecular weight excluding hydrogens is 531 g/mol. The van der Waals surface area contributed by atoms with Gasteiger partial charge >= 0.3 is 13.6 Å². The van der Waals surface area contributed by atoms with Gasteiger partial charge in [0.25, 0.3) is 5.85 Å². The van der Waals surface area contributed by atoms with Crippen molar-refractivity contribution < 1.29 is 28.3 Å². The SMILES string of the molecule is CCCCCCCCCCCCCSC(CCCCCCC)C(C)OC(C(=O)OC(C)C)P(=O)(O)OCCC. The highest BCUT2D eigenvalue weighted by molar-refractivity contribution is 7.99. The van der Waals surface area contributed by atoms with Gasteiger partial charge in [0.2, 0.25) is 0 Å². The molecule has 0 rings (SSSR count). The lowest BCUT2D eigenvalue weighted by Crippen LogP contribution is -2.36. The van der Waals surface area contributed by atoms with Crippen molar-refractivity contribution in [3.8, 4) is 0 Å². The van der Waals surface area contributed by atoms with Gasteiger partial charge in [-0.15, -0.1) is 0 Å². The fourth-order valence-corrected chi connectivity index (χ4v) is 7.14. The van der Waals surface area contributed by atoms with Crippen LogP contribution in [-0.4, -0.2) is 46.5 Å². The second-order valence-corrected chi connectivity index (χ2v) is 14.4. The number of ether oxygens (including phenoxy) is 2. The molecule has 0 aromatic heterocycles. The van der Waals surface area contributed by atoms with E-state index in [0.717, 1.165) is 25.0 Å². The van der Waals surface area contributed by atoms with E-state index in [1.165, 1.54) is 89.9 Å². The first-order valence-electron chi connectivity index (χ1n) is 16.1. The van der Waals surface area contributed by atoms with E-state index < -0.39 is 25.5 Å². The molecule has 0 aliphatic carbocycles. The summed E-state index contributed by atoms with van der Waals surface area (Å²) in [5.41, 5.74) is 0. The molecule has 0 aromatic carbocycles. The van der Waals surface area contributed by atoms with Gasteiger partial charge < -0.3 is 18.9 Å². The van der Waals surface area contributed by atoms with E-state index in [2.05, 4.69) is 13.8 Å². The Kier molecular flexibility index (Phi) is 25.6. The maximum Gasteiger partial charge on any atom is 0.368 e. The molecule has 234 valence electrons. The van der Waals surface area contributed by atoms with E-state index in [9.17, 15) is 14.3 Å². The fraction of sp³-hybridized carbons (Fsp3) is 0.968. The molecule has 0 amide bonds. The van der Waals surface area contributed by atoms with Crippen LogP contribution in [0.2, 0.25) is 0 Å². The molecule has 0 saturated carbocycles. The van der Waals surface area contributed by atoms with Crippen molar-refractivity contribution in [2.75, 3.05) is 12.4 Å². The van der Waals surface area contributed by atoms with Gasteiger partial charge in [-0.05, 0) is 45.8 Å². The van der Waals surface area contributed by atoms with Gasteiger partial charge in [0, 0.05) is 5.25 Å². The first kappa shape index (κ1) is 38.9. The molecule has 0 fully saturated rings. The van der Waals surface area contributed by atoms with E-state index in [1.807, 2.05) is 25.6 Å². The summed E-state index contributed by atoms with van der Waals surface area (Å²) in [6.07, 6.45) is 21.2. The van der Waals surface area contributed by atoms with Crippen LogP contribution in [-0.2, 0) is 23.4 Å². The van der Waals surface area contributed by atoms with Crippen LogP contribution in [0.3, 0.4) is 0 Å². The minimum absolute atomic E-state index is 0.0887. The van der Waals surface area contributed by atoms with Crippen molar-refractivity contribution >= 4 is 25.3 Å². The smallest absolute Gasteiger partial charge is 0.368 e. The third-order valence-electron chi connectivity index (χ3n) is 6.87. The number of carbonyl (C=O) groups excluding carboxylic acids is 1. The van der Waals surface area contributed by atoms with Crippen LogP contribution in [0.25, 0.3) is 0 Å². The van der Waals surface area contributed by atoms with E-state index in [1.54, 1.807) is 13.8 Å². The summed E-state index contributed by atoms with van der Waals surface area (Å²) >= 11 is 1.88. The molecule has 0 heterocycles. The van der Waals surface area contributed by atoms with E-state index in [0.29, 0.717) is 6.42 Å². The quantitative estimate of drug-likeness (QED) is 0.0548. The van der Waals surface area contributed by atoms with Crippen LogP contribution in [0.1, 0.15) is 157 Å². The molecule has 6 nitrogen and oxygen atoms in total. The third kappa shape index (κ3) is 21.3. The Bertz CT molecular complexity index is 618. The Hall–Kier alpha value is -0.0700. The molecule has 0 saturated heterocycles. The van der Waals surface area contributed by atoms with E-state index in [4.69, 9.17) is 14.0 Å². The van der Waals surface area contributed by atoms with Crippen LogP contribution in [0.4, 0.5) is 0 Å². The van der Waals surface area contributed by atoms with Crippen molar-refractivity contribution in [3.63, 3.8) is 0 Å². The lowest BCUT2D eigenvalue weighted by Gasteiger charge is -2.29. The molecule has 0 aromatic rings. The summed E-state index contributed by atoms with van der Waals surface area (Å²) in [6.45, 7) is 11.8. The van der Waals surface area contributed by atoms with E-state index in [-0.39, 0.29) is 18.0 Å². The third-order valence-corrected chi connectivity index (χ3v) is 9.92. The normalized spacial score (nSPS) is 15.7. The summed E-state index contributed by atoms with van der Waals surface area (Å²) in [5.74, 6) is -1.41. The van der Waals surface area contributed by atoms with Gasteiger partial charge in [-0.3, -0.25) is 4.57 Å². The van der Waals surface area contributed by atoms with Crippen LogP contribution in [0, 0.1) is 0 Å². The van der Waals surface area contributed by atoms with E-state index >= 15 is 0 Å². The Morgan fingerprint density at radius 1 is 0.744 bits per heavy atom. The minimum atomic E-state index is -4.33. The minimum Gasteiger partial charge on any atom is -0.461 e. The van der Waals surface area contributed by atoms with Crippen LogP contribution < -0.4 is 0 Å². The number of hydrogen-bond acceptors (Lipinski definition) is 6. The van der Waals surface area contributed by atoms with Gasteiger partial charge in [-0.1, -0.05) is 117 Å². The van der Waals surface area contributed by atoms with Gasteiger partial charge in [-0.2, -0.15) is 11.8 Å². The number of esters is 1. The molecule has 4 unspecified atom stereocenters. The zero-order valence-corrected chi connectivity index (χ0v) is 28.0. The fourth-order valence-electron chi connectivity index (χ4n) is 4.54.